The van der Waals surface area contributed by atoms with E-state index in [-0.39, 0.29) is 17.3 Å². The molecule has 4 heteroatoms. The zero-order chi connectivity index (χ0) is 21.1. The fraction of sp³-hybridized carbons (Fsp3) is 0.500. The first-order chi connectivity index (χ1) is 14.5. The zero-order valence-electron chi connectivity index (χ0n) is 17.6. The molecule has 2 aliphatic carbocycles. The van der Waals surface area contributed by atoms with Gasteiger partial charge in [-0.1, -0.05) is 18.2 Å². The molecule has 0 saturated heterocycles. The summed E-state index contributed by atoms with van der Waals surface area (Å²) >= 11 is 0. The van der Waals surface area contributed by atoms with Crippen molar-refractivity contribution < 1.29 is 18.3 Å². The smallest absolute Gasteiger partial charge is 0.314 e. The highest BCUT2D eigenvalue weighted by atomic mass is 19.2. The van der Waals surface area contributed by atoms with Gasteiger partial charge < -0.3 is 4.74 Å². The third-order valence-electron chi connectivity index (χ3n) is 7.15. The van der Waals surface area contributed by atoms with Gasteiger partial charge in [0.25, 0.3) is 0 Å². The number of benzene rings is 2. The van der Waals surface area contributed by atoms with Crippen molar-refractivity contribution in [2.75, 3.05) is 0 Å². The Hall–Kier alpha value is -2.23. The van der Waals surface area contributed by atoms with E-state index in [4.69, 9.17) is 4.74 Å². The van der Waals surface area contributed by atoms with Crippen molar-refractivity contribution in [2.24, 2.45) is 23.7 Å². The number of rotatable bonds is 4. The van der Waals surface area contributed by atoms with Crippen molar-refractivity contribution in [2.45, 2.75) is 58.3 Å². The largest absolute Gasteiger partial charge is 0.426 e. The van der Waals surface area contributed by atoms with E-state index >= 15 is 0 Å². The molecule has 0 heterocycles. The summed E-state index contributed by atoms with van der Waals surface area (Å²) in [6.07, 6.45) is 13.7. The summed E-state index contributed by atoms with van der Waals surface area (Å²) in [5, 5.41) is 0.718. The maximum absolute atomic E-state index is 13.8. The molecule has 0 atom stereocenters. The zero-order valence-corrected chi connectivity index (χ0v) is 17.6. The van der Waals surface area contributed by atoms with E-state index in [1.807, 2.05) is 0 Å². The molecular formula is C26H30F2O2. The molecule has 0 aromatic heterocycles. The fourth-order valence-corrected chi connectivity index (χ4v) is 5.41. The first-order valence-corrected chi connectivity index (χ1v) is 11.3. The van der Waals surface area contributed by atoms with Gasteiger partial charge in [-0.15, -0.1) is 0 Å². The standard InChI is InChI=1S/C26H30F2O2/c1-2-3-17-4-6-18(7-5-17)19-8-10-20(11-9-19)26(29)30-22-13-14-23-21(16-22)12-15-24(27)25(23)28/h2-3,12-20H,4-11H2,1H3/b3-2+. The summed E-state index contributed by atoms with van der Waals surface area (Å²) in [7, 11) is 0. The van der Waals surface area contributed by atoms with Crippen LogP contribution in [0.1, 0.15) is 58.3 Å². The van der Waals surface area contributed by atoms with Gasteiger partial charge in [-0.25, -0.2) is 8.78 Å². The molecule has 2 aliphatic rings. The van der Waals surface area contributed by atoms with E-state index in [2.05, 4.69) is 19.1 Å². The molecule has 0 unspecified atom stereocenters. The molecule has 0 radical (unpaired) electrons. The molecule has 0 aliphatic heterocycles. The molecule has 0 amide bonds. The van der Waals surface area contributed by atoms with Crippen LogP contribution in [-0.2, 0) is 4.79 Å². The van der Waals surface area contributed by atoms with Crippen LogP contribution in [0.2, 0.25) is 0 Å². The molecule has 0 spiro atoms. The molecule has 2 aromatic rings. The number of esters is 1. The second kappa shape index (κ2) is 9.28. The maximum atomic E-state index is 13.8. The number of carbonyl (C=O) groups is 1. The van der Waals surface area contributed by atoms with Crippen LogP contribution in [0.25, 0.3) is 10.8 Å². The second-order valence-electron chi connectivity index (χ2n) is 8.98. The van der Waals surface area contributed by atoms with Crippen LogP contribution in [0.5, 0.6) is 5.75 Å². The molecular weight excluding hydrogens is 382 g/mol. The number of fused-ring (bicyclic) bond motifs is 1. The van der Waals surface area contributed by atoms with Crippen LogP contribution in [0.3, 0.4) is 0 Å². The summed E-state index contributed by atoms with van der Waals surface area (Å²) in [6.45, 7) is 2.10. The topological polar surface area (TPSA) is 26.3 Å². The lowest BCUT2D eigenvalue weighted by atomic mass is 9.69. The van der Waals surface area contributed by atoms with Gasteiger partial charge in [0.1, 0.15) is 5.75 Å². The Morgan fingerprint density at radius 2 is 1.60 bits per heavy atom. The summed E-state index contributed by atoms with van der Waals surface area (Å²) in [4.78, 5) is 12.7. The van der Waals surface area contributed by atoms with Crippen LogP contribution in [0.4, 0.5) is 8.78 Å². The van der Waals surface area contributed by atoms with Gasteiger partial charge in [0, 0.05) is 5.39 Å². The number of allylic oxidation sites excluding steroid dienone is 2. The van der Waals surface area contributed by atoms with Gasteiger partial charge in [0.05, 0.1) is 5.92 Å². The van der Waals surface area contributed by atoms with Gasteiger partial charge in [-0.2, -0.15) is 0 Å². The van der Waals surface area contributed by atoms with Gasteiger partial charge in [-0.3, -0.25) is 4.79 Å². The van der Waals surface area contributed by atoms with Crippen molar-refractivity contribution in [1.29, 1.82) is 0 Å². The molecule has 30 heavy (non-hydrogen) atoms. The molecule has 0 bridgehead atoms. The lowest BCUT2D eigenvalue weighted by Gasteiger charge is -2.36. The molecule has 2 nitrogen and oxygen atoms in total. The fourth-order valence-electron chi connectivity index (χ4n) is 5.41. The van der Waals surface area contributed by atoms with E-state index in [0.717, 1.165) is 49.5 Å². The number of hydrogen-bond acceptors (Lipinski definition) is 2. The summed E-state index contributed by atoms with van der Waals surface area (Å²) < 4.78 is 32.8. The second-order valence-corrected chi connectivity index (χ2v) is 8.98. The third-order valence-corrected chi connectivity index (χ3v) is 7.15. The average Bonchev–Trinajstić information content (AvgIpc) is 2.77. The van der Waals surface area contributed by atoms with Crippen LogP contribution >= 0.6 is 0 Å². The monoisotopic (exact) mass is 412 g/mol. The number of halogens is 2. The Morgan fingerprint density at radius 1 is 0.933 bits per heavy atom. The van der Waals surface area contributed by atoms with E-state index < -0.39 is 11.6 Å². The van der Waals surface area contributed by atoms with Crippen molar-refractivity contribution >= 4 is 16.7 Å². The Labute approximate surface area is 177 Å². The minimum absolute atomic E-state index is 0.0683. The van der Waals surface area contributed by atoms with Crippen LogP contribution in [0, 0.1) is 35.3 Å². The predicted octanol–water partition coefficient (Wildman–Crippen LogP) is 7.21. The Kier molecular flexibility index (Phi) is 6.50. The third kappa shape index (κ3) is 4.58. The van der Waals surface area contributed by atoms with Crippen LogP contribution in [0.15, 0.2) is 42.5 Å². The minimum atomic E-state index is -0.876. The van der Waals surface area contributed by atoms with Crippen molar-refractivity contribution in [3.8, 4) is 5.75 Å². The molecule has 4 rings (SSSR count). The summed E-state index contributed by atoms with van der Waals surface area (Å²) in [5.74, 6) is 0.669. The Balaban J connectivity index is 1.30. The lowest BCUT2D eigenvalue weighted by Crippen LogP contribution is -2.30. The van der Waals surface area contributed by atoms with Crippen LogP contribution < -0.4 is 4.74 Å². The molecule has 160 valence electrons. The lowest BCUT2D eigenvalue weighted by molar-refractivity contribution is -0.140. The highest BCUT2D eigenvalue weighted by molar-refractivity contribution is 5.85. The van der Waals surface area contributed by atoms with Crippen molar-refractivity contribution in [3.05, 3.63) is 54.1 Å². The summed E-state index contributed by atoms with van der Waals surface area (Å²) in [5.41, 5.74) is 0. The molecule has 2 fully saturated rings. The summed E-state index contributed by atoms with van der Waals surface area (Å²) in [6, 6.07) is 7.21. The highest BCUT2D eigenvalue weighted by Gasteiger charge is 2.33. The van der Waals surface area contributed by atoms with Crippen molar-refractivity contribution in [1.82, 2.24) is 0 Å². The minimum Gasteiger partial charge on any atom is -0.426 e. The van der Waals surface area contributed by atoms with E-state index in [1.165, 1.54) is 43.9 Å². The molecule has 2 aromatic carbocycles. The SMILES string of the molecule is C/C=C/C1CCC(C2CCC(C(=O)Oc3ccc4c(F)c(F)ccc4c3)CC2)CC1. The first kappa shape index (κ1) is 21.0. The number of hydrogen-bond donors (Lipinski definition) is 0. The van der Waals surface area contributed by atoms with E-state index in [1.54, 1.807) is 6.07 Å². The Bertz CT molecular complexity index is 920. The quantitative estimate of drug-likeness (QED) is 0.301. The van der Waals surface area contributed by atoms with Gasteiger partial charge in [-0.05, 0) is 106 Å². The van der Waals surface area contributed by atoms with Crippen molar-refractivity contribution in [3.63, 3.8) is 0 Å². The van der Waals surface area contributed by atoms with E-state index in [9.17, 15) is 13.6 Å². The van der Waals surface area contributed by atoms with Crippen LogP contribution in [-0.4, -0.2) is 5.97 Å². The Morgan fingerprint density at radius 3 is 2.27 bits per heavy atom. The highest BCUT2D eigenvalue weighted by Crippen LogP contribution is 2.42. The molecule has 2 saturated carbocycles. The number of ether oxygens (including phenoxy) is 1. The molecule has 0 N–H and O–H groups in total. The average molecular weight is 413 g/mol. The van der Waals surface area contributed by atoms with Gasteiger partial charge in [0.15, 0.2) is 11.6 Å². The number of carbonyl (C=O) groups excluding carboxylic acids is 1. The maximum Gasteiger partial charge on any atom is 0.314 e. The van der Waals surface area contributed by atoms with Gasteiger partial charge in [0.2, 0.25) is 0 Å². The van der Waals surface area contributed by atoms with Gasteiger partial charge >= 0.3 is 5.97 Å². The predicted molar refractivity (Wildman–Crippen MR) is 115 cm³/mol. The first-order valence-electron chi connectivity index (χ1n) is 11.3. The normalized spacial score (nSPS) is 27.4. The van der Waals surface area contributed by atoms with E-state index in [0.29, 0.717) is 11.1 Å².